The highest BCUT2D eigenvalue weighted by Crippen LogP contribution is 2.18. The molecule has 1 heterocycles. The van der Waals surface area contributed by atoms with Crippen LogP contribution >= 0.6 is 11.3 Å². The Kier molecular flexibility index (Phi) is 3.02. The molecule has 1 aromatic heterocycles. The summed E-state index contributed by atoms with van der Waals surface area (Å²) in [5.41, 5.74) is 7.03. The number of aliphatic carboxylic acids is 1. The van der Waals surface area contributed by atoms with Gasteiger partial charge >= 0.3 is 5.97 Å². The number of aromatic nitrogens is 1. The molecule has 5 heteroatoms. The van der Waals surface area contributed by atoms with E-state index >= 15 is 0 Å². The minimum absolute atomic E-state index is 0.0171. The van der Waals surface area contributed by atoms with Gasteiger partial charge in [-0.2, -0.15) is 0 Å². The molecule has 3 N–H and O–H groups in total. The van der Waals surface area contributed by atoms with Crippen LogP contribution in [0.25, 0.3) is 5.57 Å². The number of nitrogens with two attached hydrogens (primary N) is 1. The lowest BCUT2D eigenvalue weighted by Crippen LogP contribution is -1.91. The first kappa shape index (κ1) is 9.73. The van der Waals surface area contributed by atoms with Gasteiger partial charge in [-0.15, -0.1) is 11.3 Å². The maximum atomic E-state index is 10.3. The predicted molar refractivity (Wildman–Crippen MR) is 52.4 cm³/mol. The quantitative estimate of drug-likeness (QED) is 0.773. The number of rotatable bonds is 3. The largest absolute Gasteiger partial charge is 0.481 e. The normalized spacial score (nSPS) is 11.6. The van der Waals surface area contributed by atoms with Crippen LogP contribution in [0.3, 0.4) is 0 Å². The molecular formula is C8H10N2O2S. The fourth-order valence-electron chi connectivity index (χ4n) is 0.814. The Morgan fingerprint density at radius 1 is 1.85 bits per heavy atom. The Morgan fingerprint density at radius 3 is 3.00 bits per heavy atom. The molecule has 0 unspecified atom stereocenters. The van der Waals surface area contributed by atoms with Crippen molar-refractivity contribution in [3.05, 3.63) is 17.2 Å². The molecule has 13 heavy (non-hydrogen) atoms. The molecule has 0 bridgehead atoms. The summed E-state index contributed by atoms with van der Waals surface area (Å²) in [6.45, 7) is 1.82. The van der Waals surface area contributed by atoms with Crippen LogP contribution in [0.5, 0.6) is 0 Å². The highest BCUT2D eigenvalue weighted by Gasteiger charge is 2.01. The zero-order chi connectivity index (χ0) is 9.84. The van der Waals surface area contributed by atoms with Crippen molar-refractivity contribution >= 4 is 28.0 Å². The van der Waals surface area contributed by atoms with Crippen molar-refractivity contribution in [2.45, 2.75) is 13.3 Å². The molecule has 4 nitrogen and oxygen atoms in total. The van der Waals surface area contributed by atoms with Crippen molar-refractivity contribution in [3.8, 4) is 0 Å². The monoisotopic (exact) mass is 198 g/mol. The third-order valence-corrected chi connectivity index (χ3v) is 2.18. The zero-order valence-corrected chi connectivity index (χ0v) is 7.97. The van der Waals surface area contributed by atoms with Crippen LogP contribution in [-0.4, -0.2) is 16.1 Å². The first-order valence-corrected chi connectivity index (χ1v) is 4.57. The fraction of sp³-hybridized carbons (Fsp3) is 0.250. The molecule has 1 aromatic rings. The summed E-state index contributed by atoms with van der Waals surface area (Å²) in [6, 6.07) is 0. The van der Waals surface area contributed by atoms with Gasteiger partial charge < -0.3 is 10.8 Å². The van der Waals surface area contributed by atoms with Gasteiger partial charge in [-0.05, 0) is 12.5 Å². The van der Waals surface area contributed by atoms with Crippen LogP contribution in [0.1, 0.15) is 19.0 Å². The minimum atomic E-state index is -0.845. The van der Waals surface area contributed by atoms with Crippen LogP contribution in [0.15, 0.2) is 11.5 Å². The second-order valence-electron chi connectivity index (χ2n) is 2.56. The van der Waals surface area contributed by atoms with Gasteiger partial charge in [-0.1, -0.05) is 6.08 Å². The van der Waals surface area contributed by atoms with Gasteiger partial charge in [0, 0.05) is 5.38 Å². The number of anilines is 1. The first-order valence-electron chi connectivity index (χ1n) is 3.69. The van der Waals surface area contributed by atoms with Crippen molar-refractivity contribution in [2.24, 2.45) is 0 Å². The van der Waals surface area contributed by atoms with E-state index < -0.39 is 5.97 Å². The summed E-state index contributed by atoms with van der Waals surface area (Å²) in [5.74, 6) is -0.845. The molecule has 0 fully saturated rings. The molecule has 0 aliphatic heterocycles. The van der Waals surface area contributed by atoms with Crippen molar-refractivity contribution < 1.29 is 9.90 Å². The molecule has 1 rings (SSSR count). The molecular weight excluding hydrogens is 188 g/mol. The standard InChI is InChI=1S/C8H10N2O2S/c1-5(2-3-7(11)12)6-4-13-8(9)10-6/h2,4H,3H2,1H3,(H2,9,10)(H,11,12). The lowest BCUT2D eigenvalue weighted by Gasteiger charge is -1.93. The topological polar surface area (TPSA) is 76.2 Å². The lowest BCUT2D eigenvalue weighted by molar-refractivity contribution is -0.135. The summed E-state index contributed by atoms with van der Waals surface area (Å²) in [7, 11) is 0. The maximum Gasteiger partial charge on any atom is 0.307 e. The van der Waals surface area contributed by atoms with Crippen LogP contribution in [0.2, 0.25) is 0 Å². The van der Waals surface area contributed by atoms with Gasteiger partial charge in [0.15, 0.2) is 5.13 Å². The lowest BCUT2D eigenvalue weighted by atomic mass is 10.2. The Balaban J connectivity index is 2.72. The van der Waals surface area contributed by atoms with Gasteiger partial charge in [0.25, 0.3) is 0 Å². The molecule has 0 atom stereocenters. The van der Waals surface area contributed by atoms with Gasteiger partial charge in [0.2, 0.25) is 0 Å². The average molecular weight is 198 g/mol. The van der Waals surface area contributed by atoms with Crippen LogP contribution in [-0.2, 0) is 4.79 Å². The van der Waals surface area contributed by atoms with Crippen LogP contribution in [0.4, 0.5) is 5.13 Å². The highest BCUT2D eigenvalue weighted by atomic mass is 32.1. The van der Waals surface area contributed by atoms with Crippen molar-refractivity contribution in [1.29, 1.82) is 0 Å². The Labute approximate surface area is 79.7 Å². The summed E-state index contributed by atoms with van der Waals surface area (Å²) < 4.78 is 0. The van der Waals surface area contributed by atoms with Crippen molar-refractivity contribution in [1.82, 2.24) is 4.98 Å². The van der Waals surface area contributed by atoms with E-state index in [1.165, 1.54) is 11.3 Å². The molecule has 0 saturated carbocycles. The van der Waals surface area contributed by atoms with E-state index in [-0.39, 0.29) is 6.42 Å². The molecule has 0 aliphatic rings. The molecule has 70 valence electrons. The SMILES string of the molecule is CC(=CCC(=O)O)c1csc(N)n1. The third kappa shape index (κ3) is 2.87. The summed E-state index contributed by atoms with van der Waals surface area (Å²) in [4.78, 5) is 14.3. The third-order valence-electron chi connectivity index (χ3n) is 1.51. The Bertz CT molecular complexity index is 344. The Hall–Kier alpha value is -1.36. The number of carboxylic acids is 1. The van der Waals surface area contributed by atoms with Gasteiger partial charge in [0.05, 0.1) is 12.1 Å². The molecule has 0 aromatic carbocycles. The van der Waals surface area contributed by atoms with Crippen LogP contribution < -0.4 is 5.73 Å². The summed E-state index contributed by atoms with van der Waals surface area (Å²) >= 11 is 1.35. The van der Waals surface area contributed by atoms with Crippen LogP contribution in [0, 0.1) is 0 Å². The summed E-state index contributed by atoms with van der Waals surface area (Å²) in [5, 5.41) is 10.7. The van der Waals surface area contributed by atoms with E-state index in [4.69, 9.17) is 10.8 Å². The zero-order valence-electron chi connectivity index (χ0n) is 7.15. The predicted octanol–water partition coefficient (Wildman–Crippen LogP) is 1.60. The number of nitrogens with zero attached hydrogens (tertiary/aromatic N) is 1. The van der Waals surface area contributed by atoms with Crippen molar-refractivity contribution in [3.63, 3.8) is 0 Å². The Morgan fingerprint density at radius 2 is 2.54 bits per heavy atom. The summed E-state index contributed by atoms with van der Waals surface area (Å²) in [6.07, 6.45) is 1.64. The molecule has 0 radical (unpaired) electrons. The van der Waals surface area contributed by atoms with Gasteiger partial charge in [-0.25, -0.2) is 4.98 Å². The van der Waals surface area contributed by atoms with E-state index in [2.05, 4.69) is 4.98 Å². The molecule has 0 saturated heterocycles. The average Bonchev–Trinajstić information content (AvgIpc) is 2.47. The number of carboxylic acid groups (broad SMARTS) is 1. The number of allylic oxidation sites excluding steroid dienone is 1. The second kappa shape index (κ2) is 4.04. The van der Waals surface area contributed by atoms with Gasteiger partial charge in [0.1, 0.15) is 0 Å². The maximum absolute atomic E-state index is 10.3. The van der Waals surface area contributed by atoms with Gasteiger partial charge in [-0.3, -0.25) is 4.79 Å². The number of hydrogen-bond donors (Lipinski definition) is 2. The molecule has 0 spiro atoms. The molecule has 0 aliphatic carbocycles. The second-order valence-corrected chi connectivity index (χ2v) is 3.45. The first-order chi connectivity index (χ1) is 6.09. The van der Waals surface area contributed by atoms with E-state index in [0.29, 0.717) is 5.13 Å². The van der Waals surface area contributed by atoms with E-state index in [1.54, 1.807) is 6.08 Å². The van der Waals surface area contributed by atoms with E-state index in [0.717, 1.165) is 11.3 Å². The fourth-order valence-corrected chi connectivity index (χ4v) is 1.44. The number of nitrogen functional groups attached to an aromatic ring is 1. The number of hydrogen-bond acceptors (Lipinski definition) is 4. The van der Waals surface area contributed by atoms with E-state index in [9.17, 15) is 4.79 Å². The van der Waals surface area contributed by atoms with Crippen molar-refractivity contribution in [2.75, 3.05) is 5.73 Å². The number of thiazole rings is 1. The minimum Gasteiger partial charge on any atom is -0.481 e. The van der Waals surface area contributed by atoms with E-state index in [1.807, 2.05) is 12.3 Å². The highest BCUT2D eigenvalue weighted by molar-refractivity contribution is 7.13. The molecule has 0 amide bonds. The number of carbonyl (C=O) groups is 1. The smallest absolute Gasteiger partial charge is 0.307 e.